The Hall–Kier alpha value is -0.300. The molecule has 0 saturated heterocycles. The van der Waals surface area contributed by atoms with Crippen LogP contribution in [0.1, 0.15) is 58.3 Å². The largest absolute Gasteiger partial charge is 0.330 e. The molecule has 1 heteroatoms. The maximum absolute atomic E-state index is 5.56. The molecule has 0 bridgehead atoms. The maximum Gasteiger partial charge on any atom is -0.00515 e. The molecule has 1 nitrogen and oxygen atoms in total. The normalized spacial score (nSPS) is 12.7. The van der Waals surface area contributed by atoms with E-state index in [2.05, 4.69) is 13.5 Å². The fraction of sp³-hybridized carbons (Fsp3) is 0.846. The van der Waals surface area contributed by atoms with Crippen molar-refractivity contribution in [1.82, 2.24) is 0 Å². The molecule has 0 amide bonds. The Bertz CT molecular complexity index is 120. The molecule has 0 rings (SSSR count). The van der Waals surface area contributed by atoms with Gasteiger partial charge in [0.2, 0.25) is 0 Å². The fourth-order valence-electron chi connectivity index (χ4n) is 1.61. The number of unbranched alkanes of at least 4 members (excludes halogenated alkanes) is 6. The van der Waals surface area contributed by atoms with E-state index in [9.17, 15) is 0 Å². The van der Waals surface area contributed by atoms with Gasteiger partial charge in [0, 0.05) is 0 Å². The summed E-state index contributed by atoms with van der Waals surface area (Å²) in [5.74, 6) is 0.718. The van der Waals surface area contributed by atoms with Gasteiger partial charge in [-0.25, -0.2) is 0 Å². The molecule has 2 N–H and O–H groups in total. The summed E-state index contributed by atoms with van der Waals surface area (Å²) in [5.41, 5.74) is 5.56. The molecule has 0 aromatic heterocycles. The minimum Gasteiger partial charge on any atom is -0.330 e. The molecule has 0 radical (unpaired) electrons. The third kappa shape index (κ3) is 9.79. The summed E-state index contributed by atoms with van der Waals surface area (Å²) in [6, 6.07) is 0. The van der Waals surface area contributed by atoms with Crippen molar-refractivity contribution in [2.45, 2.75) is 58.3 Å². The summed E-state index contributed by atoms with van der Waals surface area (Å²) in [5, 5.41) is 0. The Labute approximate surface area is 89.8 Å². The third-order valence-electron chi connectivity index (χ3n) is 2.76. The fourth-order valence-corrected chi connectivity index (χ4v) is 1.61. The average molecular weight is 197 g/mol. The Morgan fingerprint density at radius 1 is 1.07 bits per heavy atom. The zero-order valence-corrected chi connectivity index (χ0v) is 9.80. The van der Waals surface area contributed by atoms with Gasteiger partial charge in [0.1, 0.15) is 0 Å². The van der Waals surface area contributed by atoms with Gasteiger partial charge in [0.25, 0.3) is 0 Å². The second-order valence-corrected chi connectivity index (χ2v) is 4.33. The summed E-state index contributed by atoms with van der Waals surface area (Å²) in [6.45, 7) is 6.81. The van der Waals surface area contributed by atoms with Crippen molar-refractivity contribution in [2.75, 3.05) is 6.54 Å². The van der Waals surface area contributed by atoms with Gasteiger partial charge < -0.3 is 5.73 Å². The van der Waals surface area contributed by atoms with Gasteiger partial charge in [-0.3, -0.25) is 0 Å². The van der Waals surface area contributed by atoms with Crippen molar-refractivity contribution in [2.24, 2.45) is 11.7 Å². The smallest absolute Gasteiger partial charge is 0.00515 e. The Morgan fingerprint density at radius 3 is 2.21 bits per heavy atom. The van der Waals surface area contributed by atoms with Crippen LogP contribution >= 0.6 is 0 Å². The van der Waals surface area contributed by atoms with Gasteiger partial charge in [-0.05, 0) is 31.7 Å². The summed E-state index contributed by atoms with van der Waals surface area (Å²) in [7, 11) is 0. The molecular weight excluding hydrogens is 170 g/mol. The predicted octanol–water partition coefficient (Wildman–Crippen LogP) is 3.89. The molecule has 0 aliphatic heterocycles. The van der Waals surface area contributed by atoms with Gasteiger partial charge in [-0.2, -0.15) is 0 Å². The van der Waals surface area contributed by atoms with Crippen LogP contribution in [0.4, 0.5) is 0 Å². The first-order chi connectivity index (χ1) is 6.81. The van der Waals surface area contributed by atoms with Crippen molar-refractivity contribution in [3.63, 3.8) is 0 Å². The Balaban J connectivity index is 2.95. The first-order valence-corrected chi connectivity index (χ1v) is 6.12. The molecule has 0 aliphatic carbocycles. The van der Waals surface area contributed by atoms with Gasteiger partial charge >= 0.3 is 0 Å². The van der Waals surface area contributed by atoms with Crippen molar-refractivity contribution >= 4 is 0 Å². The maximum atomic E-state index is 5.56. The van der Waals surface area contributed by atoms with Gasteiger partial charge in [0.15, 0.2) is 0 Å². The van der Waals surface area contributed by atoms with Crippen LogP contribution in [-0.2, 0) is 0 Å². The molecule has 0 aromatic carbocycles. The second-order valence-electron chi connectivity index (χ2n) is 4.33. The average Bonchev–Trinajstić information content (AvgIpc) is 2.21. The molecule has 0 aromatic rings. The molecule has 0 aliphatic rings. The number of hydrogen-bond donors (Lipinski definition) is 1. The number of hydrogen-bond acceptors (Lipinski definition) is 1. The van der Waals surface area contributed by atoms with E-state index >= 15 is 0 Å². The second kappa shape index (κ2) is 10.8. The highest BCUT2D eigenvalue weighted by atomic mass is 14.5. The lowest BCUT2D eigenvalue weighted by Gasteiger charge is -2.07. The van der Waals surface area contributed by atoms with E-state index in [0.29, 0.717) is 0 Å². The van der Waals surface area contributed by atoms with Crippen LogP contribution in [0.15, 0.2) is 12.7 Å². The van der Waals surface area contributed by atoms with E-state index < -0.39 is 0 Å². The van der Waals surface area contributed by atoms with Gasteiger partial charge in [0.05, 0.1) is 0 Å². The first-order valence-electron chi connectivity index (χ1n) is 6.12. The highest BCUT2D eigenvalue weighted by Gasteiger charge is 1.97. The topological polar surface area (TPSA) is 26.0 Å². The van der Waals surface area contributed by atoms with E-state index in [0.717, 1.165) is 12.5 Å². The van der Waals surface area contributed by atoms with Crippen LogP contribution < -0.4 is 5.73 Å². The van der Waals surface area contributed by atoms with Gasteiger partial charge in [-0.1, -0.05) is 45.1 Å². The van der Waals surface area contributed by atoms with Crippen LogP contribution in [0.3, 0.4) is 0 Å². The molecular formula is C13H27N. The van der Waals surface area contributed by atoms with Crippen LogP contribution in [0, 0.1) is 5.92 Å². The van der Waals surface area contributed by atoms with Crippen molar-refractivity contribution in [3.05, 3.63) is 12.7 Å². The van der Waals surface area contributed by atoms with Crippen LogP contribution in [0.25, 0.3) is 0 Å². The number of rotatable bonds is 10. The Kier molecular flexibility index (Phi) is 10.5. The standard InChI is InChI=1S/C13H27N/c1-3-4-5-6-7-8-9-10-11-13(2)12-14/h3,13H,1,4-12,14H2,2H3. The highest BCUT2D eigenvalue weighted by Crippen LogP contribution is 2.11. The summed E-state index contributed by atoms with van der Waals surface area (Å²) in [4.78, 5) is 0. The molecule has 84 valence electrons. The van der Waals surface area contributed by atoms with Crippen LogP contribution in [-0.4, -0.2) is 6.54 Å². The lowest BCUT2D eigenvalue weighted by molar-refractivity contribution is 0.490. The molecule has 0 heterocycles. The van der Waals surface area contributed by atoms with Crippen molar-refractivity contribution < 1.29 is 0 Å². The summed E-state index contributed by atoms with van der Waals surface area (Å²) >= 11 is 0. The predicted molar refractivity (Wildman–Crippen MR) is 65.4 cm³/mol. The van der Waals surface area contributed by atoms with E-state index in [-0.39, 0.29) is 0 Å². The minimum absolute atomic E-state index is 0.718. The molecule has 0 saturated carbocycles. The monoisotopic (exact) mass is 197 g/mol. The quantitative estimate of drug-likeness (QED) is 0.417. The third-order valence-corrected chi connectivity index (χ3v) is 2.76. The van der Waals surface area contributed by atoms with Crippen LogP contribution in [0.5, 0.6) is 0 Å². The van der Waals surface area contributed by atoms with E-state index in [1.807, 2.05) is 6.08 Å². The lowest BCUT2D eigenvalue weighted by Crippen LogP contribution is -2.10. The van der Waals surface area contributed by atoms with E-state index in [1.54, 1.807) is 0 Å². The molecule has 0 fully saturated rings. The molecule has 1 atom stereocenters. The highest BCUT2D eigenvalue weighted by molar-refractivity contribution is 4.65. The SMILES string of the molecule is C=CCCCCCCCCC(C)CN. The van der Waals surface area contributed by atoms with Crippen molar-refractivity contribution in [1.29, 1.82) is 0 Å². The van der Waals surface area contributed by atoms with E-state index in [1.165, 1.54) is 51.4 Å². The zero-order valence-electron chi connectivity index (χ0n) is 9.80. The molecule has 14 heavy (non-hydrogen) atoms. The number of nitrogens with two attached hydrogens (primary N) is 1. The molecule has 0 spiro atoms. The van der Waals surface area contributed by atoms with Crippen molar-refractivity contribution in [3.8, 4) is 0 Å². The van der Waals surface area contributed by atoms with Crippen LogP contribution in [0.2, 0.25) is 0 Å². The number of allylic oxidation sites excluding steroid dienone is 1. The molecule has 1 unspecified atom stereocenters. The Morgan fingerprint density at radius 2 is 1.64 bits per heavy atom. The van der Waals surface area contributed by atoms with E-state index in [4.69, 9.17) is 5.73 Å². The minimum atomic E-state index is 0.718. The zero-order chi connectivity index (χ0) is 10.6. The van der Waals surface area contributed by atoms with Gasteiger partial charge in [-0.15, -0.1) is 6.58 Å². The first kappa shape index (κ1) is 13.7. The summed E-state index contributed by atoms with van der Waals surface area (Å²) < 4.78 is 0. The summed E-state index contributed by atoms with van der Waals surface area (Å²) in [6.07, 6.45) is 12.7. The lowest BCUT2D eigenvalue weighted by atomic mass is 10.0.